The molecule has 0 aliphatic heterocycles. The number of sulfonamides is 1. The molecule has 0 amide bonds. The van der Waals surface area contributed by atoms with Crippen LogP contribution in [0.25, 0.3) is 0 Å². The van der Waals surface area contributed by atoms with E-state index in [1.54, 1.807) is 17.4 Å². The molecule has 0 saturated heterocycles. The average molecular weight is 345 g/mol. The molecule has 0 aliphatic rings. The molecule has 2 rings (SSSR count). The van der Waals surface area contributed by atoms with Crippen molar-refractivity contribution in [2.45, 2.75) is 30.5 Å². The molecular weight excluding hydrogens is 324 g/mol. The summed E-state index contributed by atoms with van der Waals surface area (Å²) >= 11 is 2.86. The molecule has 116 valence electrons. The Labute approximate surface area is 134 Å². The smallest absolute Gasteiger partial charge is 0.250 e. The zero-order chi connectivity index (χ0) is 15.5. The SMILES string of the molecule is CC(C)C(NS(=O)(=O)c1ccc(CCN)s1)c1cccs1. The maximum Gasteiger partial charge on any atom is 0.250 e. The van der Waals surface area contributed by atoms with Crippen LogP contribution in [0, 0.1) is 5.92 Å². The average Bonchev–Trinajstić information content (AvgIpc) is 3.07. The molecule has 1 unspecified atom stereocenters. The van der Waals surface area contributed by atoms with Crippen molar-refractivity contribution in [1.82, 2.24) is 4.72 Å². The molecule has 0 fully saturated rings. The number of hydrogen-bond acceptors (Lipinski definition) is 5. The molecule has 0 aliphatic carbocycles. The van der Waals surface area contributed by atoms with Crippen LogP contribution >= 0.6 is 22.7 Å². The number of nitrogens with two attached hydrogens (primary N) is 1. The van der Waals surface area contributed by atoms with Crippen molar-refractivity contribution in [3.8, 4) is 0 Å². The summed E-state index contributed by atoms with van der Waals surface area (Å²) in [5.41, 5.74) is 5.51. The van der Waals surface area contributed by atoms with Crippen molar-refractivity contribution in [1.29, 1.82) is 0 Å². The third-order valence-corrected chi connectivity index (χ3v) is 7.12. The van der Waals surface area contributed by atoms with Crippen LogP contribution in [-0.4, -0.2) is 15.0 Å². The molecule has 1 atom stereocenters. The Morgan fingerprint density at radius 3 is 2.62 bits per heavy atom. The molecular formula is C14H20N2O2S3. The Morgan fingerprint density at radius 1 is 1.29 bits per heavy atom. The van der Waals surface area contributed by atoms with Gasteiger partial charge in [-0.05, 0) is 42.5 Å². The minimum atomic E-state index is -3.49. The molecule has 2 heterocycles. The van der Waals surface area contributed by atoms with Gasteiger partial charge in [-0.2, -0.15) is 0 Å². The highest BCUT2D eigenvalue weighted by Crippen LogP contribution is 2.29. The highest BCUT2D eigenvalue weighted by Gasteiger charge is 2.25. The summed E-state index contributed by atoms with van der Waals surface area (Å²) < 4.78 is 28.2. The van der Waals surface area contributed by atoms with Crippen molar-refractivity contribution >= 4 is 32.7 Å². The van der Waals surface area contributed by atoms with E-state index >= 15 is 0 Å². The third kappa shape index (κ3) is 4.14. The quantitative estimate of drug-likeness (QED) is 0.811. The number of thiophene rings is 2. The van der Waals surface area contributed by atoms with Gasteiger partial charge in [0, 0.05) is 9.75 Å². The Morgan fingerprint density at radius 2 is 2.05 bits per heavy atom. The lowest BCUT2D eigenvalue weighted by atomic mass is 10.0. The van der Waals surface area contributed by atoms with Gasteiger partial charge in [0.1, 0.15) is 4.21 Å². The summed E-state index contributed by atoms with van der Waals surface area (Å²) in [6, 6.07) is 7.20. The Hall–Kier alpha value is -0.730. The standard InChI is InChI=1S/C14H20N2O2S3/c1-10(2)14(12-4-3-9-19-12)16-21(17,18)13-6-5-11(20-13)7-8-15/h3-6,9-10,14,16H,7-8,15H2,1-2H3. The van der Waals surface area contributed by atoms with E-state index in [0.717, 1.165) is 9.75 Å². The summed E-state index contributed by atoms with van der Waals surface area (Å²) in [6.45, 7) is 4.56. The molecule has 0 bridgehead atoms. The van der Waals surface area contributed by atoms with Crippen molar-refractivity contribution in [3.63, 3.8) is 0 Å². The molecule has 7 heteroatoms. The first kappa shape index (κ1) is 16.6. The van der Waals surface area contributed by atoms with Gasteiger partial charge in [0.25, 0.3) is 10.0 Å². The summed E-state index contributed by atoms with van der Waals surface area (Å²) in [5, 5.41) is 1.96. The van der Waals surface area contributed by atoms with Crippen molar-refractivity contribution in [2.75, 3.05) is 6.54 Å². The first-order chi connectivity index (χ1) is 9.94. The van der Waals surface area contributed by atoms with E-state index in [9.17, 15) is 8.42 Å². The van der Waals surface area contributed by atoms with Crippen molar-refractivity contribution in [3.05, 3.63) is 39.4 Å². The fourth-order valence-corrected chi connectivity index (χ4v) is 5.77. The molecule has 0 spiro atoms. The first-order valence-corrected chi connectivity index (χ1v) is 9.96. The summed E-state index contributed by atoms with van der Waals surface area (Å²) in [7, 11) is -3.49. The first-order valence-electron chi connectivity index (χ1n) is 6.78. The van der Waals surface area contributed by atoms with E-state index < -0.39 is 10.0 Å². The molecule has 0 aromatic carbocycles. The lowest BCUT2D eigenvalue weighted by molar-refractivity contribution is 0.469. The highest BCUT2D eigenvalue weighted by atomic mass is 32.2. The van der Waals surface area contributed by atoms with Crippen LogP contribution in [-0.2, 0) is 16.4 Å². The fourth-order valence-electron chi connectivity index (χ4n) is 2.00. The number of nitrogens with one attached hydrogen (secondary N) is 1. The van der Waals surface area contributed by atoms with E-state index in [1.807, 2.05) is 37.4 Å². The van der Waals surface area contributed by atoms with E-state index in [4.69, 9.17) is 5.73 Å². The Bertz CT molecular complexity index is 660. The van der Waals surface area contributed by atoms with Gasteiger partial charge in [0.15, 0.2) is 0 Å². The summed E-state index contributed by atoms with van der Waals surface area (Å²) in [4.78, 5) is 2.03. The zero-order valence-electron chi connectivity index (χ0n) is 12.1. The maximum atomic E-state index is 12.5. The summed E-state index contributed by atoms with van der Waals surface area (Å²) in [5.74, 6) is 0.182. The van der Waals surface area contributed by atoms with Gasteiger partial charge in [-0.15, -0.1) is 22.7 Å². The van der Waals surface area contributed by atoms with Crippen LogP contribution in [0.1, 0.15) is 29.6 Å². The van der Waals surface area contributed by atoms with Gasteiger partial charge < -0.3 is 5.73 Å². The van der Waals surface area contributed by atoms with Crippen molar-refractivity contribution < 1.29 is 8.42 Å². The van der Waals surface area contributed by atoms with E-state index in [0.29, 0.717) is 17.2 Å². The Balaban J connectivity index is 2.22. The second kappa shape index (κ2) is 7.02. The van der Waals surface area contributed by atoms with E-state index in [-0.39, 0.29) is 12.0 Å². The molecule has 21 heavy (non-hydrogen) atoms. The second-order valence-corrected chi connectivity index (χ2v) is 9.21. The van der Waals surface area contributed by atoms with Gasteiger partial charge in [-0.3, -0.25) is 0 Å². The van der Waals surface area contributed by atoms with Gasteiger partial charge in [0.05, 0.1) is 6.04 Å². The lowest BCUT2D eigenvalue weighted by Crippen LogP contribution is -2.30. The second-order valence-electron chi connectivity index (χ2n) is 5.12. The Kier molecular flexibility index (Phi) is 5.56. The van der Waals surface area contributed by atoms with Gasteiger partial charge in [-0.1, -0.05) is 19.9 Å². The predicted octanol–water partition coefficient (Wildman–Crippen LogP) is 2.99. The van der Waals surface area contributed by atoms with E-state index in [2.05, 4.69) is 4.72 Å². The zero-order valence-corrected chi connectivity index (χ0v) is 14.5. The molecule has 2 aromatic heterocycles. The molecule has 4 nitrogen and oxygen atoms in total. The maximum absolute atomic E-state index is 12.5. The van der Waals surface area contributed by atoms with Crippen LogP contribution in [0.2, 0.25) is 0 Å². The fraction of sp³-hybridized carbons (Fsp3) is 0.429. The van der Waals surface area contributed by atoms with E-state index in [1.165, 1.54) is 11.3 Å². The third-order valence-electron chi connectivity index (χ3n) is 3.09. The number of hydrogen-bond donors (Lipinski definition) is 2. The molecule has 3 N–H and O–H groups in total. The van der Waals surface area contributed by atoms with Crippen LogP contribution < -0.4 is 10.5 Å². The lowest BCUT2D eigenvalue weighted by Gasteiger charge is -2.20. The van der Waals surface area contributed by atoms with Crippen LogP contribution in [0.4, 0.5) is 0 Å². The largest absolute Gasteiger partial charge is 0.330 e. The van der Waals surface area contributed by atoms with Gasteiger partial charge in [0.2, 0.25) is 0 Å². The molecule has 2 aromatic rings. The normalized spacial score (nSPS) is 13.7. The minimum Gasteiger partial charge on any atom is -0.330 e. The predicted molar refractivity (Wildman–Crippen MR) is 89.3 cm³/mol. The number of rotatable bonds is 7. The van der Waals surface area contributed by atoms with Crippen LogP contribution in [0.5, 0.6) is 0 Å². The topological polar surface area (TPSA) is 72.2 Å². The minimum absolute atomic E-state index is 0.182. The van der Waals surface area contributed by atoms with Gasteiger partial charge in [-0.25, -0.2) is 13.1 Å². The van der Waals surface area contributed by atoms with Crippen molar-refractivity contribution in [2.24, 2.45) is 11.7 Å². The van der Waals surface area contributed by atoms with Gasteiger partial charge >= 0.3 is 0 Å². The van der Waals surface area contributed by atoms with Crippen LogP contribution in [0.15, 0.2) is 33.9 Å². The molecule has 0 saturated carbocycles. The highest BCUT2D eigenvalue weighted by molar-refractivity contribution is 7.91. The monoisotopic (exact) mass is 344 g/mol. The van der Waals surface area contributed by atoms with Crippen LogP contribution in [0.3, 0.4) is 0 Å². The summed E-state index contributed by atoms with van der Waals surface area (Å²) in [6.07, 6.45) is 0.707. The molecule has 0 radical (unpaired) electrons.